The zero-order valence-electron chi connectivity index (χ0n) is 8.69. The number of fused-ring (bicyclic) bond motifs is 1. The van der Waals surface area contributed by atoms with Gasteiger partial charge in [-0.25, -0.2) is 4.98 Å². The van der Waals surface area contributed by atoms with Gasteiger partial charge in [0.1, 0.15) is 5.76 Å². The maximum Gasteiger partial charge on any atom is 0.307 e. The number of oxazole rings is 1. The average Bonchev–Trinajstić information content (AvgIpc) is 2.63. The molecule has 0 saturated heterocycles. The van der Waals surface area contributed by atoms with E-state index in [1.54, 1.807) is 13.1 Å². The highest BCUT2D eigenvalue weighted by atomic mass is 16.4. The Balaban J connectivity index is 1.61. The van der Waals surface area contributed by atoms with Crippen molar-refractivity contribution in [2.24, 2.45) is 11.8 Å². The Kier molecular flexibility index (Phi) is 1.84. The smallest absolute Gasteiger partial charge is 0.307 e. The van der Waals surface area contributed by atoms with Crippen LogP contribution in [0.4, 0.5) is 0 Å². The van der Waals surface area contributed by atoms with E-state index in [4.69, 9.17) is 4.42 Å². The Morgan fingerprint density at radius 2 is 2.20 bits per heavy atom. The van der Waals surface area contributed by atoms with Crippen molar-refractivity contribution in [3.8, 4) is 0 Å². The van der Waals surface area contributed by atoms with Crippen LogP contribution in [-0.4, -0.2) is 16.9 Å². The van der Waals surface area contributed by atoms with Crippen molar-refractivity contribution in [1.29, 1.82) is 0 Å². The van der Waals surface area contributed by atoms with Gasteiger partial charge < -0.3 is 9.73 Å². The van der Waals surface area contributed by atoms with Gasteiger partial charge in [-0.2, -0.15) is 0 Å². The summed E-state index contributed by atoms with van der Waals surface area (Å²) in [4.78, 5) is 15.6. The van der Waals surface area contributed by atoms with Gasteiger partial charge in [0, 0.05) is 6.04 Å². The number of carbonyl (C=O) groups is 1. The van der Waals surface area contributed by atoms with Crippen molar-refractivity contribution in [3.63, 3.8) is 0 Å². The molecule has 0 spiro atoms. The number of aromatic nitrogens is 1. The lowest BCUT2D eigenvalue weighted by molar-refractivity contribution is 0.0899. The van der Waals surface area contributed by atoms with Gasteiger partial charge in [-0.05, 0) is 38.0 Å². The van der Waals surface area contributed by atoms with Crippen LogP contribution < -0.4 is 5.32 Å². The fourth-order valence-corrected chi connectivity index (χ4v) is 2.54. The molecule has 2 unspecified atom stereocenters. The zero-order valence-corrected chi connectivity index (χ0v) is 8.69. The van der Waals surface area contributed by atoms with Gasteiger partial charge in [-0.3, -0.25) is 4.79 Å². The van der Waals surface area contributed by atoms with Crippen LogP contribution in [-0.2, 0) is 0 Å². The van der Waals surface area contributed by atoms with Gasteiger partial charge in [0.15, 0.2) is 0 Å². The Hall–Kier alpha value is -1.32. The van der Waals surface area contributed by atoms with Gasteiger partial charge in [0.25, 0.3) is 5.89 Å². The Bertz CT molecular complexity index is 389. The molecule has 2 fully saturated rings. The third-order valence-corrected chi connectivity index (χ3v) is 3.39. The number of rotatable bonds is 2. The van der Waals surface area contributed by atoms with Crippen molar-refractivity contribution in [2.75, 3.05) is 0 Å². The fraction of sp³-hybridized carbons (Fsp3) is 0.636. The van der Waals surface area contributed by atoms with Crippen LogP contribution >= 0.6 is 0 Å². The van der Waals surface area contributed by atoms with Crippen LogP contribution in [0, 0.1) is 18.8 Å². The van der Waals surface area contributed by atoms with E-state index in [-0.39, 0.29) is 11.8 Å². The molecule has 1 aromatic heterocycles. The molecule has 0 radical (unpaired) electrons. The molecule has 0 aliphatic heterocycles. The molecule has 2 atom stereocenters. The van der Waals surface area contributed by atoms with Gasteiger partial charge in [0.05, 0.1) is 6.20 Å². The topological polar surface area (TPSA) is 55.1 Å². The summed E-state index contributed by atoms with van der Waals surface area (Å²) >= 11 is 0. The number of aryl methyl sites for hydroxylation is 1. The molecule has 1 N–H and O–H groups in total. The largest absolute Gasteiger partial charge is 0.438 e. The summed E-state index contributed by atoms with van der Waals surface area (Å²) < 4.78 is 5.17. The summed E-state index contributed by atoms with van der Waals surface area (Å²) in [5.41, 5.74) is 0. The van der Waals surface area contributed by atoms with Crippen molar-refractivity contribution in [1.82, 2.24) is 10.3 Å². The lowest BCUT2D eigenvalue weighted by Crippen LogP contribution is -2.33. The molecule has 4 heteroatoms. The normalized spacial score (nSPS) is 32.5. The molecule has 0 aromatic carbocycles. The molecule has 2 saturated carbocycles. The molecule has 4 nitrogen and oxygen atoms in total. The monoisotopic (exact) mass is 206 g/mol. The molecular formula is C11H14N2O2. The van der Waals surface area contributed by atoms with Gasteiger partial charge in [-0.1, -0.05) is 0 Å². The van der Waals surface area contributed by atoms with Crippen LogP contribution in [0.25, 0.3) is 0 Å². The summed E-state index contributed by atoms with van der Waals surface area (Å²) in [6.45, 7) is 1.79. The lowest BCUT2D eigenvalue weighted by Gasteiger charge is -2.11. The molecule has 3 rings (SSSR count). The highest BCUT2D eigenvalue weighted by Gasteiger charge is 2.46. The predicted molar refractivity (Wildman–Crippen MR) is 53.3 cm³/mol. The number of amides is 1. The maximum atomic E-state index is 11.7. The lowest BCUT2D eigenvalue weighted by atomic mass is 10.1. The second-order valence-corrected chi connectivity index (χ2v) is 4.67. The summed E-state index contributed by atoms with van der Waals surface area (Å²) in [7, 11) is 0. The van der Waals surface area contributed by atoms with E-state index < -0.39 is 0 Å². The van der Waals surface area contributed by atoms with Crippen LogP contribution in [0.1, 0.15) is 35.7 Å². The van der Waals surface area contributed by atoms with Crippen molar-refractivity contribution < 1.29 is 9.21 Å². The molecule has 15 heavy (non-hydrogen) atoms. The Morgan fingerprint density at radius 3 is 2.80 bits per heavy atom. The number of nitrogens with one attached hydrogen (secondary N) is 1. The average molecular weight is 206 g/mol. The summed E-state index contributed by atoms with van der Waals surface area (Å²) in [5, 5.41) is 2.97. The Labute approximate surface area is 88.1 Å². The summed E-state index contributed by atoms with van der Waals surface area (Å²) in [6.07, 6.45) is 5.21. The first kappa shape index (κ1) is 8.95. The van der Waals surface area contributed by atoms with Crippen molar-refractivity contribution in [2.45, 2.75) is 32.2 Å². The second kappa shape index (κ2) is 3.08. The van der Waals surface area contributed by atoms with Gasteiger partial charge in [0.2, 0.25) is 0 Å². The summed E-state index contributed by atoms with van der Waals surface area (Å²) in [6, 6.07) is 0.341. The molecule has 80 valence electrons. The molecule has 2 aliphatic rings. The first-order chi connectivity index (χ1) is 7.22. The second-order valence-electron chi connectivity index (χ2n) is 4.67. The number of nitrogens with zero attached hydrogens (tertiary/aromatic N) is 1. The first-order valence-electron chi connectivity index (χ1n) is 5.45. The number of hydrogen-bond donors (Lipinski definition) is 1. The molecule has 1 aromatic rings. The van der Waals surface area contributed by atoms with Crippen LogP contribution in [0.3, 0.4) is 0 Å². The molecule has 0 bridgehead atoms. The molecule has 2 aliphatic carbocycles. The predicted octanol–water partition coefficient (Wildman–Crippen LogP) is 1.51. The minimum atomic E-state index is -0.172. The maximum absolute atomic E-state index is 11.7. The zero-order chi connectivity index (χ0) is 10.4. The third kappa shape index (κ3) is 1.64. The van der Waals surface area contributed by atoms with Crippen molar-refractivity contribution in [3.05, 3.63) is 17.8 Å². The standard InChI is InChI=1S/C11H14N2O2/c1-6-5-12-11(15-6)10(14)13-9-3-7-2-8(7)4-9/h5,7-9H,2-4H2,1H3,(H,13,14). The molecule has 1 amide bonds. The Morgan fingerprint density at radius 1 is 1.47 bits per heavy atom. The van der Waals surface area contributed by atoms with E-state index in [0.29, 0.717) is 11.8 Å². The van der Waals surface area contributed by atoms with E-state index in [1.807, 2.05) is 0 Å². The third-order valence-electron chi connectivity index (χ3n) is 3.39. The fourth-order valence-electron chi connectivity index (χ4n) is 2.54. The summed E-state index contributed by atoms with van der Waals surface area (Å²) in [5.74, 6) is 2.44. The van der Waals surface area contributed by atoms with Gasteiger partial charge in [-0.15, -0.1) is 0 Å². The van der Waals surface area contributed by atoms with Crippen molar-refractivity contribution >= 4 is 5.91 Å². The number of hydrogen-bond acceptors (Lipinski definition) is 3. The van der Waals surface area contributed by atoms with E-state index in [1.165, 1.54) is 6.42 Å². The first-order valence-corrected chi connectivity index (χ1v) is 5.45. The van der Waals surface area contributed by atoms with E-state index >= 15 is 0 Å². The van der Waals surface area contributed by atoms with Gasteiger partial charge >= 0.3 is 5.91 Å². The number of carbonyl (C=O) groups excluding carboxylic acids is 1. The molecule has 1 heterocycles. The van der Waals surface area contributed by atoms with Crippen LogP contribution in [0.15, 0.2) is 10.6 Å². The SMILES string of the molecule is Cc1cnc(C(=O)NC2CC3CC3C2)o1. The van der Waals surface area contributed by atoms with Crippen LogP contribution in [0.5, 0.6) is 0 Å². The van der Waals surface area contributed by atoms with Crippen LogP contribution in [0.2, 0.25) is 0 Å². The minimum Gasteiger partial charge on any atom is -0.438 e. The van der Waals surface area contributed by atoms with E-state index in [0.717, 1.165) is 24.7 Å². The quantitative estimate of drug-likeness (QED) is 0.798. The highest BCUT2D eigenvalue weighted by molar-refractivity contribution is 5.89. The minimum absolute atomic E-state index is 0.172. The van der Waals surface area contributed by atoms with E-state index in [2.05, 4.69) is 10.3 Å². The van der Waals surface area contributed by atoms with E-state index in [9.17, 15) is 4.79 Å². The molecular weight excluding hydrogens is 192 g/mol. The highest BCUT2D eigenvalue weighted by Crippen LogP contribution is 2.51.